The van der Waals surface area contributed by atoms with Gasteiger partial charge in [0.15, 0.2) is 17.1 Å². The number of nitrogens with zero attached hydrogens (tertiary/aromatic N) is 9. The predicted octanol–water partition coefficient (Wildman–Crippen LogP) is 2.95. The number of furan rings is 1. The van der Waals surface area contributed by atoms with Crippen molar-refractivity contribution in [3.05, 3.63) is 48.9 Å². The minimum absolute atomic E-state index is 0.0316. The van der Waals surface area contributed by atoms with Crippen molar-refractivity contribution in [3.8, 4) is 17.3 Å². The third-order valence-electron chi connectivity index (χ3n) is 7.54. The predicted molar refractivity (Wildman–Crippen MR) is 159 cm³/mol. The average molecular weight is 573 g/mol. The number of piperazine rings is 1. The number of fused-ring (bicyclic) bond motifs is 3. The molecule has 220 valence electrons. The van der Waals surface area contributed by atoms with Gasteiger partial charge in [-0.25, -0.2) is 9.67 Å². The van der Waals surface area contributed by atoms with Crippen LogP contribution in [0.15, 0.2) is 53.3 Å². The zero-order valence-electron chi connectivity index (χ0n) is 24.2. The summed E-state index contributed by atoms with van der Waals surface area (Å²) in [5, 5.41) is 9.74. The summed E-state index contributed by atoms with van der Waals surface area (Å²) in [6, 6.07) is 11.2. The number of hydrogen-bond acceptors (Lipinski definition) is 10. The molecule has 1 amide bonds. The molecule has 0 spiro atoms. The second-order valence-corrected chi connectivity index (χ2v) is 10.7. The average Bonchev–Trinajstić information content (AvgIpc) is 3.76. The molecule has 42 heavy (non-hydrogen) atoms. The summed E-state index contributed by atoms with van der Waals surface area (Å²) in [4.78, 5) is 29.4. The van der Waals surface area contributed by atoms with E-state index in [1.807, 2.05) is 31.1 Å². The van der Waals surface area contributed by atoms with Crippen LogP contribution < -0.4 is 15.4 Å². The normalized spacial score (nSPS) is 14.8. The second-order valence-electron chi connectivity index (χ2n) is 10.7. The Morgan fingerprint density at radius 1 is 1.10 bits per heavy atom. The first-order chi connectivity index (χ1) is 20.4. The van der Waals surface area contributed by atoms with E-state index in [0.717, 1.165) is 37.5 Å². The summed E-state index contributed by atoms with van der Waals surface area (Å²) in [5.41, 5.74) is 8.44. The van der Waals surface area contributed by atoms with E-state index >= 15 is 0 Å². The van der Waals surface area contributed by atoms with Crippen molar-refractivity contribution >= 4 is 34.2 Å². The van der Waals surface area contributed by atoms with Crippen LogP contribution in [0.25, 0.3) is 28.3 Å². The lowest BCUT2D eigenvalue weighted by Crippen LogP contribution is -2.50. The second kappa shape index (κ2) is 11.7. The maximum absolute atomic E-state index is 13.9. The molecule has 1 aliphatic heterocycles. The highest BCUT2D eigenvalue weighted by Crippen LogP contribution is 2.28. The summed E-state index contributed by atoms with van der Waals surface area (Å²) < 4.78 is 14.5. The third kappa shape index (κ3) is 5.34. The monoisotopic (exact) mass is 572 g/mol. The van der Waals surface area contributed by atoms with E-state index < -0.39 is 6.04 Å². The number of rotatable bonds is 10. The fraction of sp³-hybridized carbons (Fsp3) is 0.414. The number of aromatic nitrogens is 6. The molecule has 0 saturated carbocycles. The van der Waals surface area contributed by atoms with Crippen molar-refractivity contribution in [2.24, 2.45) is 0 Å². The quantitative estimate of drug-likeness (QED) is 0.266. The van der Waals surface area contributed by atoms with Crippen LogP contribution in [0.5, 0.6) is 5.75 Å². The first-order valence-electron chi connectivity index (χ1n) is 14.3. The number of hydrogen-bond donors (Lipinski definition) is 1. The number of benzene rings is 1. The van der Waals surface area contributed by atoms with Crippen molar-refractivity contribution in [2.75, 3.05) is 64.1 Å². The number of carbonyl (C=O) groups is 1. The molecular formula is C29H36N10O3. The Hall–Kier alpha value is -4.65. The number of ether oxygens (including phenoxy) is 1. The Morgan fingerprint density at radius 2 is 1.88 bits per heavy atom. The fourth-order valence-electron chi connectivity index (χ4n) is 5.28. The Bertz CT molecular complexity index is 1650. The molecule has 6 rings (SSSR count). The molecule has 13 heteroatoms. The molecule has 1 saturated heterocycles. The van der Waals surface area contributed by atoms with Gasteiger partial charge in [-0.05, 0) is 56.9 Å². The zero-order valence-corrected chi connectivity index (χ0v) is 24.2. The standard InChI is InChI=1S/C29H36N10O3/c1-4-6-23(28(40)37-14-12-36(13-15-37)20-8-10-21(11-9-20)41-18-16-35(2)3)38-27-22(19-31-38)26-32-25(24-7-5-17-42-24)34-39(26)29(30)33-27/h5,7-11,17,19,23H,4,6,12-16,18H2,1-3H3,(H2,30,33)/t23-/m0/s1. The highest BCUT2D eigenvalue weighted by Gasteiger charge is 2.31. The van der Waals surface area contributed by atoms with E-state index in [1.54, 1.807) is 29.3 Å². The van der Waals surface area contributed by atoms with Crippen molar-refractivity contribution in [2.45, 2.75) is 25.8 Å². The van der Waals surface area contributed by atoms with Gasteiger partial charge in [-0.15, -0.1) is 5.10 Å². The van der Waals surface area contributed by atoms with Gasteiger partial charge in [-0.2, -0.15) is 14.6 Å². The first-order valence-corrected chi connectivity index (χ1v) is 14.3. The topological polar surface area (TPSA) is 136 Å². The van der Waals surface area contributed by atoms with Crippen LogP contribution in [0, 0.1) is 0 Å². The molecule has 5 aromatic rings. The van der Waals surface area contributed by atoms with Crippen LogP contribution in [0.1, 0.15) is 25.8 Å². The van der Waals surface area contributed by atoms with E-state index in [9.17, 15) is 4.79 Å². The molecule has 4 aromatic heterocycles. The zero-order chi connectivity index (χ0) is 29.2. The first kappa shape index (κ1) is 27.5. The van der Waals surface area contributed by atoms with Gasteiger partial charge in [0.25, 0.3) is 0 Å². The molecule has 1 aromatic carbocycles. The molecule has 0 unspecified atom stereocenters. The minimum Gasteiger partial charge on any atom is -0.492 e. The van der Waals surface area contributed by atoms with Gasteiger partial charge in [0.2, 0.25) is 17.7 Å². The molecule has 13 nitrogen and oxygen atoms in total. The van der Waals surface area contributed by atoms with Crippen LogP contribution in [-0.4, -0.2) is 98.5 Å². The smallest absolute Gasteiger partial charge is 0.247 e. The SMILES string of the molecule is CCC[C@@H](C(=O)N1CCN(c2ccc(OCCN(C)C)cc2)CC1)n1ncc2c1nc(N)n1nc(-c3ccco3)nc21. The number of carbonyl (C=O) groups excluding carboxylic acids is 1. The lowest BCUT2D eigenvalue weighted by Gasteiger charge is -2.37. The van der Waals surface area contributed by atoms with E-state index in [-0.39, 0.29) is 11.9 Å². The Kier molecular flexibility index (Phi) is 7.66. The summed E-state index contributed by atoms with van der Waals surface area (Å²) in [7, 11) is 4.06. The van der Waals surface area contributed by atoms with Crippen molar-refractivity contribution in [1.82, 2.24) is 39.2 Å². The highest BCUT2D eigenvalue weighted by molar-refractivity contribution is 5.92. The van der Waals surface area contributed by atoms with Crippen molar-refractivity contribution in [1.29, 1.82) is 0 Å². The lowest BCUT2D eigenvalue weighted by atomic mass is 10.1. The summed E-state index contributed by atoms with van der Waals surface area (Å²) in [6.07, 6.45) is 4.68. The number of likely N-dealkylation sites (N-methyl/N-ethyl adjacent to an activating group) is 1. The van der Waals surface area contributed by atoms with E-state index in [2.05, 4.69) is 49.0 Å². The maximum atomic E-state index is 13.9. The number of nitrogen functional groups attached to an aromatic ring is 1. The fourth-order valence-corrected chi connectivity index (χ4v) is 5.28. The van der Waals surface area contributed by atoms with E-state index in [4.69, 9.17) is 14.9 Å². The Morgan fingerprint density at radius 3 is 2.57 bits per heavy atom. The molecule has 5 heterocycles. The van der Waals surface area contributed by atoms with Gasteiger partial charge in [0, 0.05) is 38.4 Å². The number of anilines is 2. The lowest BCUT2D eigenvalue weighted by molar-refractivity contribution is -0.135. The van der Waals surface area contributed by atoms with Gasteiger partial charge >= 0.3 is 0 Å². The third-order valence-corrected chi connectivity index (χ3v) is 7.54. The van der Waals surface area contributed by atoms with Crippen LogP contribution in [0.2, 0.25) is 0 Å². The van der Waals surface area contributed by atoms with Gasteiger partial charge in [0.05, 0.1) is 17.8 Å². The summed E-state index contributed by atoms with van der Waals surface area (Å²) in [6.45, 7) is 6.30. The Balaban J connectivity index is 1.17. The number of amides is 1. The van der Waals surface area contributed by atoms with Gasteiger partial charge in [-0.1, -0.05) is 13.3 Å². The van der Waals surface area contributed by atoms with E-state index in [0.29, 0.717) is 54.4 Å². The maximum Gasteiger partial charge on any atom is 0.247 e. The van der Waals surface area contributed by atoms with Gasteiger partial charge < -0.3 is 29.6 Å². The summed E-state index contributed by atoms with van der Waals surface area (Å²) in [5.74, 6) is 1.98. The molecule has 1 fully saturated rings. The van der Waals surface area contributed by atoms with Crippen LogP contribution in [0.3, 0.4) is 0 Å². The van der Waals surface area contributed by atoms with E-state index in [1.165, 1.54) is 4.52 Å². The molecule has 1 aliphatic rings. The Labute approximate surface area is 243 Å². The molecule has 2 N–H and O–H groups in total. The van der Waals surface area contributed by atoms with Crippen molar-refractivity contribution in [3.63, 3.8) is 0 Å². The van der Waals surface area contributed by atoms with Crippen LogP contribution in [0.4, 0.5) is 11.6 Å². The van der Waals surface area contributed by atoms with Gasteiger partial charge in [0.1, 0.15) is 18.4 Å². The van der Waals surface area contributed by atoms with Crippen LogP contribution >= 0.6 is 0 Å². The minimum atomic E-state index is -0.500. The molecule has 0 bridgehead atoms. The number of nitrogens with two attached hydrogens (primary N) is 1. The van der Waals surface area contributed by atoms with Gasteiger partial charge in [-0.3, -0.25) is 4.79 Å². The van der Waals surface area contributed by atoms with Crippen LogP contribution in [-0.2, 0) is 4.79 Å². The molecule has 0 radical (unpaired) electrons. The molecular weight excluding hydrogens is 536 g/mol. The molecule has 0 aliphatic carbocycles. The largest absolute Gasteiger partial charge is 0.492 e. The van der Waals surface area contributed by atoms with Crippen molar-refractivity contribution < 1.29 is 13.9 Å². The highest BCUT2D eigenvalue weighted by atomic mass is 16.5. The molecule has 1 atom stereocenters. The summed E-state index contributed by atoms with van der Waals surface area (Å²) >= 11 is 0.